The third kappa shape index (κ3) is 5.52. The van der Waals surface area contributed by atoms with Crippen LogP contribution in [0.15, 0.2) is 24.3 Å². The highest BCUT2D eigenvalue weighted by Crippen LogP contribution is 2.29. The standard InChI is InChI=1S/C16H24ClNO/c1-2-9-18-10-15(12-19-11-13-3-4-13)14-5-7-16(17)8-6-14/h5-8,13,15,18H,2-4,9-12H2,1H3. The van der Waals surface area contributed by atoms with Crippen LogP contribution in [0.4, 0.5) is 0 Å². The highest BCUT2D eigenvalue weighted by molar-refractivity contribution is 6.30. The Kier molecular flexibility index (Phi) is 6.15. The molecule has 2 nitrogen and oxygen atoms in total. The van der Waals surface area contributed by atoms with Crippen molar-refractivity contribution in [3.63, 3.8) is 0 Å². The van der Waals surface area contributed by atoms with Gasteiger partial charge >= 0.3 is 0 Å². The third-order valence-electron chi connectivity index (χ3n) is 3.53. The van der Waals surface area contributed by atoms with Gasteiger partial charge in [-0.15, -0.1) is 0 Å². The summed E-state index contributed by atoms with van der Waals surface area (Å²) in [5.41, 5.74) is 1.31. The first-order valence-electron chi connectivity index (χ1n) is 7.33. The summed E-state index contributed by atoms with van der Waals surface area (Å²) in [6.07, 6.45) is 3.86. The van der Waals surface area contributed by atoms with Gasteiger partial charge in [0.05, 0.1) is 6.61 Å². The summed E-state index contributed by atoms with van der Waals surface area (Å²) in [6, 6.07) is 8.15. The van der Waals surface area contributed by atoms with Crippen molar-refractivity contribution in [2.75, 3.05) is 26.3 Å². The highest BCUT2D eigenvalue weighted by atomic mass is 35.5. The van der Waals surface area contributed by atoms with Crippen molar-refractivity contribution in [2.45, 2.75) is 32.1 Å². The number of hydrogen-bond acceptors (Lipinski definition) is 2. The molecule has 1 aromatic rings. The lowest BCUT2D eigenvalue weighted by atomic mass is 10.00. The first kappa shape index (κ1) is 14.8. The van der Waals surface area contributed by atoms with Crippen molar-refractivity contribution < 1.29 is 4.74 Å². The van der Waals surface area contributed by atoms with Crippen LogP contribution in [0.25, 0.3) is 0 Å². The van der Waals surface area contributed by atoms with E-state index in [2.05, 4.69) is 24.4 Å². The smallest absolute Gasteiger partial charge is 0.0547 e. The van der Waals surface area contributed by atoms with Gasteiger partial charge in [-0.2, -0.15) is 0 Å². The summed E-state index contributed by atoms with van der Waals surface area (Å²) in [7, 11) is 0. The molecule has 0 saturated heterocycles. The Morgan fingerprint density at radius 3 is 2.68 bits per heavy atom. The van der Waals surface area contributed by atoms with Gasteiger partial charge in [0.25, 0.3) is 0 Å². The maximum Gasteiger partial charge on any atom is 0.0547 e. The van der Waals surface area contributed by atoms with Crippen LogP contribution in [0.1, 0.15) is 37.7 Å². The summed E-state index contributed by atoms with van der Waals surface area (Å²) >= 11 is 5.95. The van der Waals surface area contributed by atoms with Crippen LogP contribution in [0.5, 0.6) is 0 Å². The molecule has 0 aliphatic heterocycles. The molecule has 1 aliphatic rings. The van der Waals surface area contributed by atoms with Gasteiger partial charge in [-0.05, 0) is 49.4 Å². The fourth-order valence-electron chi connectivity index (χ4n) is 2.12. The van der Waals surface area contributed by atoms with Crippen LogP contribution in [0.3, 0.4) is 0 Å². The van der Waals surface area contributed by atoms with E-state index in [-0.39, 0.29) is 0 Å². The molecule has 0 aromatic heterocycles. The first-order chi connectivity index (χ1) is 9.29. The molecular weight excluding hydrogens is 258 g/mol. The summed E-state index contributed by atoms with van der Waals surface area (Å²) < 4.78 is 5.86. The van der Waals surface area contributed by atoms with Gasteiger partial charge < -0.3 is 10.1 Å². The molecular formula is C16H24ClNO. The Hall–Kier alpha value is -0.570. The minimum absolute atomic E-state index is 0.419. The molecule has 3 heteroatoms. The van der Waals surface area contributed by atoms with Crippen LogP contribution < -0.4 is 5.32 Å². The largest absolute Gasteiger partial charge is 0.380 e. The molecule has 1 saturated carbocycles. The number of halogens is 1. The SMILES string of the molecule is CCCNCC(COCC1CC1)c1ccc(Cl)cc1. The van der Waals surface area contributed by atoms with E-state index < -0.39 is 0 Å². The summed E-state index contributed by atoms with van der Waals surface area (Å²) in [6.45, 7) is 5.95. The zero-order valence-corrected chi connectivity index (χ0v) is 12.5. The van der Waals surface area contributed by atoms with Crippen molar-refractivity contribution in [3.8, 4) is 0 Å². The summed E-state index contributed by atoms with van der Waals surface area (Å²) in [5, 5.41) is 4.28. The molecule has 1 N–H and O–H groups in total. The molecule has 1 unspecified atom stereocenters. The van der Waals surface area contributed by atoms with E-state index in [0.717, 1.165) is 43.7 Å². The lowest BCUT2D eigenvalue weighted by Gasteiger charge is -2.18. The molecule has 106 valence electrons. The van der Waals surface area contributed by atoms with Crippen LogP contribution in [0.2, 0.25) is 5.02 Å². The fraction of sp³-hybridized carbons (Fsp3) is 0.625. The lowest BCUT2D eigenvalue weighted by Crippen LogP contribution is -2.25. The van der Waals surface area contributed by atoms with Gasteiger partial charge in [-0.3, -0.25) is 0 Å². The summed E-state index contributed by atoms with van der Waals surface area (Å²) in [5.74, 6) is 1.25. The molecule has 1 atom stereocenters. The second-order valence-electron chi connectivity index (χ2n) is 5.43. The second-order valence-corrected chi connectivity index (χ2v) is 5.87. The molecule has 1 fully saturated rings. The van der Waals surface area contributed by atoms with E-state index in [4.69, 9.17) is 16.3 Å². The quantitative estimate of drug-likeness (QED) is 0.694. The Labute approximate surface area is 121 Å². The fourth-order valence-corrected chi connectivity index (χ4v) is 2.25. The Balaban J connectivity index is 1.85. The van der Waals surface area contributed by atoms with Crippen molar-refractivity contribution in [3.05, 3.63) is 34.9 Å². The van der Waals surface area contributed by atoms with E-state index in [1.807, 2.05) is 12.1 Å². The third-order valence-corrected chi connectivity index (χ3v) is 3.78. The molecule has 1 aliphatic carbocycles. The molecule has 0 radical (unpaired) electrons. The highest BCUT2D eigenvalue weighted by Gasteiger charge is 2.22. The van der Waals surface area contributed by atoms with Crippen LogP contribution in [0, 0.1) is 5.92 Å². The number of hydrogen-bond donors (Lipinski definition) is 1. The van der Waals surface area contributed by atoms with Crippen LogP contribution >= 0.6 is 11.6 Å². The first-order valence-corrected chi connectivity index (χ1v) is 7.71. The minimum atomic E-state index is 0.419. The topological polar surface area (TPSA) is 21.3 Å². The minimum Gasteiger partial charge on any atom is -0.380 e. The van der Waals surface area contributed by atoms with Crippen molar-refractivity contribution in [1.29, 1.82) is 0 Å². The van der Waals surface area contributed by atoms with Crippen molar-refractivity contribution >= 4 is 11.6 Å². The number of ether oxygens (including phenoxy) is 1. The number of nitrogens with one attached hydrogen (secondary N) is 1. The second kappa shape index (κ2) is 7.88. The molecule has 19 heavy (non-hydrogen) atoms. The van der Waals surface area contributed by atoms with E-state index in [9.17, 15) is 0 Å². The Morgan fingerprint density at radius 2 is 2.05 bits per heavy atom. The van der Waals surface area contributed by atoms with Gasteiger partial charge in [0.2, 0.25) is 0 Å². The van der Waals surface area contributed by atoms with Crippen LogP contribution in [-0.2, 0) is 4.74 Å². The predicted molar refractivity (Wildman–Crippen MR) is 80.9 cm³/mol. The molecule has 0 bridgehead atoms. The zero-order chi connectivity index (χ0) is 13.5. The average molecular weight is 282 g/mol. The van der Waals surface area contributed by atoms with Crippen molar-refractivity contribution in [1.82, 2.24) is 5.32 Å². The normalized spacial score (nSPS) is 16.5. The van der Waals surface area contributed by atoms with Gasteiger partial charge in [0, 0.05) is 24.1 Å². The van der Waals surface area contributed by atoms with Crippen molar-refractivity contribution in [2.24, 2.45) is 5.92 Å². The average Bonchev–Trinajstić information content (AvgIpc) is 3.22. The maximum absolute atomic E-state index is 5.95. The van der Waals surface area contributed by atoms with Crippen LogP contribution in [-0.4, -0.2) is 26.3 Å². The van der Waals surface area contributed by atoms with E-state index in [1.54, 1.807) is 0 Å². The molecule has 0 spiro atoms. The van der Waals surface area contributed by atoms with E-state index in [0.29, 0.717) is 5.92 Å². The predicted octanol–water partition coefficient (Wildman–Crippen LogP) is 3.85. The molecule has 2 rings (SSSR count). The molecule has 0 heterocycles. The van der Waals surface area contributed by atoms with Gasteiger partial charge in [-0.25, -0.2) is 0 Å². The zero-order valence-electron chi connectivity index (χ0n) is 11.7. The maximum atomic E-state index is 5.95. The lowest BCUT2D eigenvalue weighted by molar-refractivity contribution is 0.110. The van der Waals surface area contributed by atoms with Gasteiger partial charge in [0.15, 0.2) is 0 Å². The summed E-state index contributed by atoms with van der Waals surface area (Å²) in [4.78, 5) is 0. The molecule has 1 aromatic carbocycles. The number of rotatable bonds is 9. The Morgan fingerprint density at radius 1 is 1.32 bits per heavy atom. The van der Waals surface area contributed by atoms with Gasteiger partial charge in [-0.1, -0.05) is 30.7 Å². The van der Waals surface area contributed by atoms with Gasteiger partial charge in [0.1, 0.15) is 0 Å². The molecule has 0 amide bonds. The van der Waals surface area contributed by atoms with E-state index >= 15 is 0 Å². The monoisotopic (exact) mass is 281 g/mol. The Bertz CT molecular complexity index is 362. The van der Waals surface area contributed by atoms with E-state index in [1.165, 1.54) is 18.4 Å². The number of benzene rings is 1.